The fourth-order valence-electron chi connectivity index (χ4n) is 2.19. The third kappa shape index (κ3) is 3.09. The minimum Gasteiger partial charge on any atom is -0.481 e. The molecular weight excluding hydrogens is 234 g/mol. The molecule has 1 heterocycles. The summed E-state index contributed by atoms with van der Waals surface area (Å²) in [6, 6.07) is 1.93. The van der Waals surface area contributed by atoms with Gasteiger partial charge in [-0.05, 0) is 25.7 Å². The van der Waals surface area contributed by atoms with Gasteiger partial charge in [-0.2, -0.15) is 4.98 Å². The third-order valence-electron chi connectivity index (χ3n) is 3.25. The van der Waals surface area contributed by atoms with Crippen molar-refractivity contribution in [3.8, 4) is 5.88 Å². The first-order valence-corrected chi connectivity index (χ1v) is 6.05. The molecule has 0 amide bonds. The number of hydrogen-bond acceptors (Lipinski definition) is 5. The Kier molecular flexibility index (Phi) is 3.96. The summed E-state index contributed by atoms with van der Waals surface area (Å²) >= 11 is 0. The van der Waals surface area contributed by atoms with Gasteiger partial charge in [-0.1, -0.05) is 0 Å². The van der Waals surface area contributed by atoms with Crippen molar-refractivity contribution in [1.29, 1.82) is 0 Å². The van der Waals surface area contributed by atoms with E-state index in [2.05, 4.69) is 15.3 Å². The molecule has 0 atom stereocenters. The molecule has 6 nitrogen and oxygen atoms in total. The molecule has 0 aliphatic heterocycles. The molecular formula is C12H17N3O3. The van der Waals surface area contributed by atoms with E-state index in [1.165, 1.54) is 0 Å². The molecule has 1 saturated carbocycles. The topological polar surface area (TPSA) is 84.3 Å². The molecule has 98 valence electrons. The van der Waals surface area contributed by atoms with Crippen LogP contribution < -0.4 is 10.1 Å². The highest BCUT2D eigenvalue weighted by Gasteiger charge is 2.26. The highest BCUT2D eigenvalue weighted by Crippen LogP contribution is 2.26. The number of anilines is 1. The molecule has 0 aromatic carbocycles. The van der Waals surface area contributed by atoms with Crippen molar-refractivity contribution in [3.05, 3.63) is 12.3 Å². The molecule has 1 aromatic rings. The average Bonchev–Trinajstić information content (AvgIpc) is 2.39. The zero-order chi connectivity index (χ0) is 13.0. The number of carboxylic acids is 1. The van der Waals surface area contributed by atoms with Crippen LogP contribution in [0.5, 0.6) is 5.88 Å². The number of methoxy groups -OCH3 is 1. The molecule has 0 spiro atoms. The van der Waals surface area contributed by atoms with E-state index in [-0.39, 0.29) is 12.0 Å². The summed E-state index contributed by atoms with van der Waals surface area (Å²) in [4.78, 5) is 19.1. The Balaban J connectivity index is 1.89. The number of aromatic nitrogens is 2. The molecule has 1 aliphatic carbocycles. The molecule has 18 heavy (non-hydrogen) atoms. The van der Waals surface area contributed by atoms with Crippen molar-refractivity contribution >= 4 is 11.9 Å². The first-order valence-electron chi connectivity index (χ1n) is 6.05. The fraction of sp³-hybridized carbons (Fsp3) is 0.583. The van der Waals surface area contributed by atoms with Gasteiger partial charge < -0.3 is 15.2 Å². The van der Waals surface area contributed by atoms with Crippen LogP contribution in [0, 0.1) is 5.92 Å². The van der Waals surface area contributed by atoms with Crippen LogP contribution in [0.4, 0.5) is 5.95 Å². The van der Waals surface area contributed by atoms with Gasteiger partial charge in [0.05, 0.1) is 13.0 Å². The predicted octanol–water partition coefficient (Wildman–Crippen LogP) is 1.54. The number of hydrogen-bond donors (Lipinski definition) is 2. The zero-order valence-corrected chi connectivity index (χ0v) is 10.3. The van der Waals surface area contributed by atoms with E-state index in [0.717, 1.165) is 12.8 Å². The van der Waals surface area contributed by atoms with Gasteiger partial charge in [0.1, 0.15) is 0 Å². The van der Waals surface area contributed by atoms with Gasteiger partial charge >= 0.3 is 5.97 Å². The lowest BCUT2D eigenvalue weighted by atomic mass is 9.86. The van der Waals surface area contributed by atoms with E-state index in [9.17, 15) is 4.79 Å². The first kappa shape index (κ1) is 12.6. The highest BCUT2D eigenvalue weighted by atomic mass is 16.5. The second kappa shape index (κ2) is 5.66. The van der Waals surface area contributed by atoms with Gasteiger partial charge in [0, 0.05) is 18.3 Å². The lowest BCUT2D eigenvalue weighted by Gasteiger charge is -2.26. The van der Waals surface area contributed by atoms with E-state index in [0.29, 0.717) is 24.7 Å². The summed E-state index contributed by atoms with van der Waals surface area (Å²) in [6.45, 7) is 0. The van der Waals surface area contributed by atoms with Gasteiger partial charge in [-0.3, -0.25) is 4.79 Å². The van der Waals surface area contributed by atoms with E-state index in [1.54, 1.807) is 19.4 Å². The van der Waals surface area contributed by atoms with Gasteiger partial charge in [0.2, 0.25) is 11.8 Å². The van der Waals surface area contributed by atoms with Gasteiger partial charge in [0.15, 0.2) is 0 Å². The molecule has 0 unspecified atom stereocenters. The Morgan fingerprint density at radius 3 is 2.78 bits per heavy atom. The number of carbonyl (C=O) groups is 1. The number of carboxylic acid groups (broad SMARTS) is 1. The van der Waals surface area contributed by atoms with Crippen LogP contribution >= 0.6 is 0 Å². The zero-order valence-electron chi connectivity index (χ0n) is 10.3. The highest BCUT2D eigenvalue weighted by molar-refractivity contribution is 5.70. The minimum absolute atomic E-state index is 0.200. The monoisotopic (exact) mass is 251 g/mol. The third-order valence-corrected chi connectivity index (χ3v) is 3.25. The van der Waals surface area contributed by atoms with Crippen molar-refractivity contribution in [2.75, 3.05) is 12.4 Å². The maximum absolute atomic E-state index is 10.8. The van der Waals surface area contributed by atoms with Gasteiger partial charge in [-0.15, -0.1) is 0 Å². The van der Waals surface area contributed by atoms with Crippen LogP contribution in [-0.4, -0.2) is 34.2 Å². The van der Waals surface area contributed by atoms with Crippen molar-refractivity contribution in [3.63, 3.8) is 0 Å². The Bertz CT molecular complexity index is 417. The van der Waals surface area contributed by atoms with Crippen LogP contribution in [0.1, 0.15) is 25.7 Å². The summed E-state index contributed by atoms with van der Waals surface area (Å²) in [6.07, 6.45) is 4.71. The number of nitrogens with zero attached hydrogens (tertiary/aromatic N) is 2. The summed E-state index contributed by atoms with van der Waals surface area (Å²) < 4.78 is 5.02. The second-order valence-electron chi connectivity index (χ2n) is 4.45. The maximum atomic E-state index is 10.8. The summed E-state index contributed by atoms with van der Waals surface area (Å²) in [5, 5.41) is 12.1. The standard InChI is InChI=1S/C12H17N3O3/c1-18-10-6-7-13-12(15-10)14-9-4-2-8(3-5-9)11(16)17/h6-9H,2-5H2,1H3,(H,16,17)(H,13,14,15). The Hall–Kier alpha value is -1.85. The van der Waals surface area contributed by atoms with Gasteiger partial charge in [0.25, 0.3) is 0 Å². The molecule has 0 saturated heterocycles. The van der Waals surface area contributed by atoms with Crippen molar-refractivity contribution in [1.82, 2.24) is 9.97 Å². The molecule has 0 radical (unpaired) electrons. The number of nitrogens with one attached hydrogen (secondary N) is 1. The quantitative estimate of drug-likeness (QED) is 0.844. The lowest BCUT2D eigenvalue weighted by molar-refractivity contribution is -0.142. The van der Waals surface area contributed by atoms with Crippen LogP contribution in [0.25, 0.3) is 0 Å². The summed E-state index contributed by atoms with van der Waals surface area (Å²) in [5.41, 5.74) is 0. The van der Waals surface area contributed by atoms with Crippen molar-refractivity contribution in [2.24, 2.45) is 5.92 Å². The van der Waals surface area contributed by atoms with E-state index < -0.39 is 5.97 Å². The lowest BCUT2D eigenvalue weighted by Crippen LogP contribution is -2.29. The van der Waals surface area contributed by atoms with E-state index >= 15 is 0 Å². The van der Waals surface area contributed by atoms with E-state index in [1.807, 2.05) is 0 Å². The molecule has 1 fully saturated rings. The average molecular weight is 251 g/mol. The SMILES string of the molecule is COc1ccnc(NC2CCC(C(=O)O)CC2)n1. The van der Waals surface area contributed by atoms with Crippen LogP contribution in [0.2, 0.25) is 0 Å². The van der Waals surface area contributed by atoms with Crippen molar-refractivity contribution in [2.45, 2.75) is 31.7 Å². The molecule has 0 bridgehead atoms. The first-order chi connectivity index (χ1) is 8.69. The van der Waals surface area contributed by atoms with Crippen LogP contribution in [0.15, 0.2) is 12.3 Å². The van der Waals surface area contributed by atoms with E-state index in [4.69, 9.17) is 9.84 Å². The number of ether oxygens (including phenoxy) is 1. The molecule has 1 aliphatic rings. The maximum Gasteiger partial charge on any atom is 0.306 e. The van der Waals surface area contributed by atoms with Crippen LogP contribution in [-0.2, 0) is 4.79 Å². The molecule has 2 rings (SSSR count). The number of aliphatic carboxylic acids is 1. The summed E-state index contributed by atoms with van der Waals surface area (Å²) in [7, 11) is 1.56. The summed E-state index contributed by atoms with van der Waals surface area (Å²) in [5.74, 6) is 0.167. The Labute approximate surface area is 105 Å². The van der Waals surface area contributed by atoms with Crippen molar-refractivity contribution < 1.29 is 14.6 Å². The minimum atomic E-state index is -0.689. The second-order valence-corrected chi connectivity index (χ2v) is 4.45. The largest absolute Gasteiger partial charge is 0.481 e. The molecule has 1 aromatic heterocycles. The predicted molar refractivity (Wildman–Crippen MR) is 65.6 cm³/mol. The van der Waals surface area contributed by atoms with Crippen LogP contribution in [0.3, 0.4) is 0 Å². The smallest absolute Gasteiger partial charge is 0.306 e. The number of rotatable bonds is 4. The Morgan fingerprint density at radius 2 is 2.17 bits per heavy atom. The fourth-order valence-corrected chi connectivity index (χ4v) is 2.19. The molecule has 6 heteroatoms. The molecule has 2 N–H and O–H groups in total. The Morgan fingerprint density at radius 1 is 1.44 bits per heavy atom. The van der Waals surface area contributed by atoms with Gasteiger partial charge in [-0.25, -0.2) is 4.98 Å². The normalized spacial score (nSPS) is 23.4.